The zero-order chi connectivity index (χ0) is 13.8. The Hall–Kier alpha value is -1.99. The largest absolute Gasteiger partial charge is 0.454 e. The van der Waals surface area contributed by atoms with Crippen molar-refractivity contribution in [3.63, 3.8) is 0 Å². The number of nitro groups is 1. The van der Waals surface area contributed by atoms with Crippen LogP contribution in [0, 0.1) is 16.0 Å². The maximum Gasteiger partial charge on any atom is 0.399 e. The molecular weight excluding hydrogens is 267 g/mol. The molecule has 3 atom stereocenters. The van der Waals surface area contributed by atoms with E-state index in [-0.39, 0.29) is 12.4 Å². The van der Waals surface area contributed by atoms with Crippen molar-refractivity contribution in [2.24, 2.45) is 5.92 Å². The van der Waals surface area contributed by atoms with E-state index in [1.807, 2.05) is 0 Å². The number of nitrogens with zero attached hydrogens (tertiary/aromatic N) is 1. The molecule has 0 bridgehead atoms. The number of halogens is 3. The first kappa shape index (κ1) is 12.1. The minimum absolute atomic E-state index is 0.00478. The van der Waals surface area contributed by atoms with Crippen LogP contribution in [0.3, 0.4) is 0 Å². The highest BCUT2D eigenvalue weighted by Crippen LogP contribution is 2.58. The van der Waals surface area contributed by atoms with Crippen LogP contribution in [-0.4, -0.2) is 23.9 Å². The lowest BCUT2D eigenvalue weighted by Gasteiger charge is -2.03. The van der Waals surface area contributed by atoms with Crippen molar-refractivity contribution in [3.8, 4) is 11.5 Å². The van der Waals surface area contributed by atoms with E-state index in [9.17, 15) is 23.3 Å². The average Bonchev–Trinajstić information content (AvgIpc) is 2.93. The van der Waals surface area contributed by atoms with Gasteiger partial charge in [0.15, 0.2) is 11.5 Å². The third kappa shape index (κ3) is 1.87. The number of ether oxygens (including phenoxy) is 2. The van der Waals surface area contributed by atoms with Gasteiger partial charge in [-0.15, -0.1) is 0 Å². The van der Waals surface area contributed by atoms with E-state index in [2.05, 4.69) is 0 Å². The van der Waals surface area contributed by atoms with Gasteiger partial charge in [-0.1, -0.05) is 6.07 Å². The van der Waals surface area contributed by atoms with Gasteiger partial charge in [0.2, 0.25) is 12.8 Å². The van der Waals surface area contributed by atoms with Crippen molar-refractivity contribution in [2.45, 2.75) is 18.1 Å². The lowest BCUT2D eigenvalue weighted by atomic mass is 10.1. The van der Waals surface area contributed by atoms with Crippen molar-refractivity contribution in [1.82, 2.24) is 0 Å². The van der Waals surface area contributed by atoms with Crippen molar-refractivity contribution in [2.75, 3.05) is 6.79 Å². The predicted octanol–water partition coefficient (Wildman–Crippen LogP) is 2.34. The average molecular weight is 275 g/mol. The van der Waals surface area contributed by atoms with Crippen LogP contribution < -0.4 is 9.47 Å². The molecule has 2 aliphatic rings. The van der Waals surface area contributed by atoms with Crippen LogP contribution in [0.5, 0.6) is 11.5 Å². The SMILES string of the molecule is O=[N+]([O-])[C@H]1[C@H](c2ccc3c(c2)OCO3)[C@@H]1C(F)(F)F. The summed E-state index contributed by atoms with van der Waals surface area (Å²) in [6.45, 7) is 0.00478. The Balaban J connectivity index is 1.92. The molecule has 0 N–H and O–H groups in total. The summed E-state index contributed by atoms with van der Waals surface area (Å²) < 4.78 is 48.2. The standard InChI is InChI=1S/C11H8F3NO4/c12-11(13,14)9-8(10(9)15(16)17)5-1-2-6-7(3-5)19-4-18-6/h1-3,8-10H,4H2/t8-,9+,10+/m1/s1. The zero-order valence-corrected chi connectivity index (χ0v) is 9.39. The molecule has 0 spiro atoms. The summed E-state index contributed by atoms with van der Waals surface area (Å²) in [7, 11) is 0. The third-order valence-electron chi connectivity index (χ3n) is 3.38. The van der Waals surface area contributed by atoms with Crippen molar-refractivity contribution >= 4 is 0 Å². The van der Waals surface area contributed by atoms with Gasteiger partial charge in [-0.2, -0.15) is 13.2 Å². The number of alkyl halides is 3. The molecule has 0 amide bonds. The molecule has 8 heteroatoms. The molecule has 102 valence electrons. The van der Waals surface area contributed by atoms with Crippen LogP contribution in [0.4, 0.5) is 13.2 Å². The number of hydrogen-bond acceptors (Lipinski definition) is 4. The Bertz CT molecular complexity index is 545. The molecule has 1 aromatic rings. The van der Waals surface area contributed by atoms with E-state index in [0.29, 0.717) is 11.5 Å². The Labute approximate surface area is 105 Å². The minimum Gasteiger partial charge on any atom is -0.454 e. The second kappa shape index (κ2) is 3.75. The van der Waals surface area contributed by atoms with Gasteiger partial charge in [-0.25, -0.2) is 0 Å². The van der Waals surface area contributed by atoms with Gasteiger partial charge in [0.1, 0.15) is 5.92 Å². The molecule has 1 aromatic carbocycles. The number of rotatable bonds is 2. The zero-order valence-electron chi connectivity index (χ0n) is 9.39. The van der Waals surface area contributed by atoms with Crippen LogP contribution in [0.2, 0.25) is 0 Å². The topological polar surface area (TPSA) is 61.6 Å². The van der Waals surface area contributed by atoms with E-state index >= 15 is 0 Å². The first-order valence-corrected chi connectivity index (χ1v) is 5.49. The molecule has 1 saturated carbocycles. The number of benzene rings is 1. The summed E-state index contributed by atoms with van der Waals surface area (Å²) in [5, 5.41) is 10.7. The Morgan fingerprint density at radius 2 is 1.95 bits per heavy atom. The van der Waals surface area contributed by atoms with Gasteiger partial charge in [0.25, 0.3) is 0 Å². The fraction of sp³-hybridized carbons (Fsp3) is 0.455. The van der Waals surface area contributed by atoms with Crippen molar-refractivity contribution in [3.05, 3.63) is 33.9 Å². The fourth-order valence-electron chi connectivity index (χ4n) is 2.48. The quantitative estimate of drug-likeness (QED) is 0.614. The molecule has 0 aromatic heterocycles. The normalized spacial score (nSPS) is 28.3. The fourth-order valence-corrected chi connectivity index (χ4v) is 2.48. The van der Waals surface area contributed by atoms with Gasteiger partial charge in [0, 0.05) is 4.92 Å². The first-order valence-electron chi connectivity index (χ1n) is 5.49. The van der Waals surface area contributed by atoms with Gasteiger partial charge < -0.3 is 9.47 Å². The summed E-state index contributed by atoms with van der Waals surface area (Å²) in [5.74, 6) is -2.31. The molecular formula is C11H8F3NO4. The Kier molecular flexibility index (Phi) is 2.38. The summed E-state index contributed by atoms with van der Waals surface area (Å²) >= 11 is 0. The minimum atomic E-state index is -4.57. The highest BCUT2D eigenvalue weighted by Gasteiger charge is 2.72. The molecule has 5 nitrogen and oxygen atoms in total. The van der Waals surface area contributed by atoms with Gasteiger partial charge >= 0.3 is 6.18 Å². The number of fused-ring (bicyclic) bond motifs is 1. The summed E-state index contributed by atoms with van der Waals surface area (Å²) in [6, 6.07) is 2.66. The maximum absolute atomic E-state index is 12.7. The van der Waals surface area contributed by atoms with E-state index in [1.54, 1.807) is 0 Å². The molecule has 0 saturated heterocycles. The lowest BCUT2D eigenvalue weighted by Crippen LogP contribution is -2.17. The van der Waals surface area contributed by atoms with Crippen LogP contribution in [0.1, 0.15) is 11.5 Å². The van der Waals surface area contributed by atoms with Crippen molar-refractivity contribution < 1.29 is 27.6 Å². The van der Waals surface area contributed by atoms with E-state index < -0.39 is 29.0 Å². The Morgan fingerprint density at radius 1 is 1.26 bits per heavy atom. The molecule has 3 rings (SSSR count). The first-order chi connectivity index (χ1) is 8.89. The van der Waals surface area contributed by atoms with Crippen LogP contribution in [0.15, 0.2) is 18.2 Å². The summed E-state index contributed by atoms with van der Waals surface area (Å²) in [6.07, 6.45) is -4.57. The summed E-state index contributed by atoms with van der Waals surface area (Å²) in [4.78, 5) is 9.82. The predicted molar refractivity (Wildman–Crippen MR) is 55.6 cm³/mol. The van der Waals surface area contributed by atoms with E-state index in [1.165, 1.54) is 18.2 Å². The molecule has 0 unspecified atom stereocenters. The van der Waals surface area contributed by atoms with Crippen LogP contribution in [-0.2, 0) is 0 Å². The molecule has 1 aliphatic heterocycles. The second-order valence-corrected chi connectivity index (χ2v) is 4.48. The maximum atomic E-state index is 12.7. The highest BCUT2D eigenvalue weighted by molar-refractivity contribution is 5.47. The molecule has 1 fully saturated rings. The third-order valence-corrected chi connectivity index (χ3v) is 3.38. The van der Waals surface area contributed by atoms with Gasteiger partial charge in [-0.05, 0) is 17.7 Å². The number of hydrogen-bond donors (Lipinski definition) is 0. The summed E-state index contributed by atoms with van der Waals surface area (Å²) in [5.41, 5.74) is 0.258. The van der Waals surface area contributed by atoms with Crippen molar-refractivity contribution in [1.29, 1.82) is 0 Å². The van der Waals surface area contributed by atoms with E-state index in [0.717, 1.165) is 0 Å². The van der Waals surface area contributed by atoms with Crippen LogP contribution >= 0.6 is 0 Å². The van der Waals surface area contributed by atoms with E-state index in [4.69, 9.17) is 9.47 Å². The highest BCUT2D eigenvalue weighted by atomic mass is 19.4. The van der Waals surface area contributed by atoms with Crippen LogP contribution in [0.25, 0.3) is 0 Å². The molecule has 1 aliphatic carbocycles. The molecule has 19 heavy (non-hydrogen) atoms. The lowest BCUT2D eigenvalue weighted by molar-refractivity contribution is -0.503. The Morgan fingerprint density at radius 3 is 2.53 bits per heavy atom. The molecule has 1 heterocycles. The molecule has 0 radical (unpaired) electrons. The van der Waals surface area contributed by atoms with Gasteiger partial charge in [0.05, 0.1) is 5.92 Å². The monoisotopic (exact) mass is 275 g/mol. The second-order valence-electron chi connectivity index (χ2n) is 4.48. The smallest absolute Gasteiger partial charge is 0.399 e. The van der Waals surface area contributed by atoms with Gasteiger partial charge in [-0.3, -0.25) is 10.1 Å².